The molecule has 3 amide bonds. The maximum atomic E-state index is 14.4. The number of thiophene rings is 1. The average Bonchev–Trinajstić information content (AvgIpc) is 3.52. The minimum absolute atomic E-state index is 0.0368. The number of anilines is 1. The molecule has 0 bridgehead atoms. The molecule has 0 saturated carbocycles. The van der Waals surface area contributed by atoms with Gasteiger partial charge in [-0.2, -0.15) is 0 Å². The molecule has 4 rings (SSSR count). The molecule has 0 fully saturated rings. The zero-order valence-electron chi connectivity index (χ0n) is 27.7. The third-order valence-electron chi connectivity index (χ3n) is 8.52. The molecule has 1 aliphatic heterocycles. The molecule has 3 aromatic rings. The molecule has 1 aliphatic rings. The molecule has 1 unspecified atom stereocenters. The standard InChI is InChI=1S/C35H38F4N4O7S/c1-18(2)13-26(31(45)41-27(16-28(38)39)30(44)40-11-8-22-23(36)14-21(32(46)47)15-24(22)37)42-34(50)35(17-20-9-12-51-29(20)33(48)49)10-7-19-5-3-4-6-25(19)43-35/h3-6,9,12,14-15,18,26-28,43H,7-8,10-11,13,16-17H2,1-2H3,(H,40,44)(H,41,45)(H,42,50)(H,46,47)(H,48,49)/t26-,27-,35?/m0/s1. The monoisotopic (exact) mass is 734 g/mol. The van der Waals surface area contributed by atoms with Gasteiger partial charge in [-0.1, -0.05) is 32.0 Å². The Morgan fingerprint density at radius 2 is 1.59 bits per heavy atom. The Bertz CT molecular complexity index is 1760. The number of hydrogen-bond donors (Lipinski definition) is 6. The SMILES string of the molecule is CC(C)C[C@H](NC(=O)C1(Cc2ccsc2C(=O)O)CCc2ccccc2N1)C(=O)N[C@@H](CC(F)F)C(=O)NCCc1c(F)cc(C(=O)O)cc1F. The number of halogens is 4. The van der Waals surface area contributed by atoms with Crippen LogP contribution in [0.1, 0.15) is 69.8 Å². The zero-order chi connectivity index (χ0) is 37.5. The van der Waals surface area contributed by atoms with Crippen LogP contribution in [0, 0.1) is 17.6 Å². The van der Waals surface area contributed by atoms with Gasteiger partial charge in [-0.3, -0.25) is 14.4 Å². The van der Waals surface area contributed by atoms with E-state index < -0.39 is 95.9 Å². The molecule has 2 aromatic carbocycles. The van der Waals surface area contributed by atoms with Crippen molar-refractivity contribution in [2.45, 2.75) is 76.4 Å². The van der Waals surface area contributed by atoms with Crippen LogP contribution in [0.15, 0.2) is 47.8 Å². The van der Waals surface area contributed by atoms with Gasteiger partial charge >= 0.3 is 11.9 Å². The fraction of sp³-hybridized carbons (Fsp3) is 0.400. The molecule has 2 heterocycles. The summed E-state index contributed by atoms with van der Waals surface area (Å²) in [6, 6.07) is 7.06. The summed E-state index contributed by atoms with van der Waals surface area (Å²) >= 11 is 1.01. The second kappa shape index (κ2) is 16.8. The van der Waals surface area contributed by atoms with Gasteiger partial charge in [-0.25, -0.2) is 27.2 Å². The Kier molecular flexibility index (Phi) is 12.8. The molecule has 16 heteroatoms. The van der Waals surface area contributed by atoms with Crippen LogP contribution in [0.4, 0.5) is 23.2 Å². The number of benzene rings is 2. The van der Waals surface area contributed by atoms with Crippen LogP contribution in [0.25, 0.3) is 0 Å². The molecule has 51 heavy (non-hydrogen) atoms. The van der Waals surface area contributed by atoms with Gasteiger partial charge in [0, 0.05) is 30.6 Å². The predicted octanol–water partition coefficient (Wildman–Crippen LogP) is 4.79. The van der Waals surface area contributed by atoms with Crippen molar-refractivity contribution in [2.75, 3.05) is 11.9 Å². The van der Waals surface area contributed by atoms with Gasteiger partial charge in [0.1, 0.15) is 34.1 Å². The van der Waals surface area contributed by atoms with Crippen LogP contribution < -0.4 is 21.3 Å². The van der Waals surface area contributed by atoms with Crippen LogP contribution in [0.2, 0.25) is 0 Å². The molecule has 0 spiro atoms. The summed E-state index contributed by atoms with van der Waals surface area (Å²) < 4.78 is 55.9. The number of amides is 3. The van der Waals surface area contributed by atoms with Gasteiger partial charge in [0.25, 0.3) is 0 Å². The number of carbonyl (C=O) groups excluding carboxylic acids is 3. The molecule has 11 nitrogen and oxygen atoms in total. The summed E-state index contributed by atoms with van der Waals surface area (Å²) in [5.74, 6) is -7.85. The summed E-state index contributed by atoms with van der Waals surface area (Å²) in [5, 5.41) is 30.9. The van der Waals surface area contributed by atoms with E-state index in [4.69, 9.17) is 5.11 Å². The van der Waals surface area contributed by atoms with E-state index in [9.17, 15) is 46.6 Å². The molecule has 0 aliphatic carbocycles. The van der Waals surface area contributed by atoms with E-state index in [1.807, 2.05) is 12.1 Å². The summed E-state index contributed by atoms with van der Waals surface area (Å²) in [6.07, 6.45) is -3.88. The first-order chi connectivity index (χ1) is 24.1. The second-order valence-electron chi connectivity index (χ2n) is 12.7. The van der Waals surface area contributed by atoms with Crippen molar-refractivity contribution in [2.24, 2.45) is 5.92 Å². The van der Waals surface area contributed by atoms with E-state index in [2.05, 4.69) is 21.3 Å². The number of carboxylic acids is 2. The van der Waals surface area contributed by atoms with Gasteiger partial charge in [0.05, 0.1) is 5.56 Å². The van der Waals surface area contributed by atoms with E-state index in [0.717, 1.165) is 16.9 Å². The fourth-order valence-electron chi connectivity index (χ4n) is 5.98. The van der Waals surface area contributed by atoms with Crippen LogP contribution in [-0.2, 0) is 33.6 Å². The van der Waals surface area contributed by atoms with Crippen molar-refractivity contribution in [3.63, 3.8) is 0 Å². The van der Waals surface area contributed by atoms with Crippen molar-refractivity contribution in [1.82, 2.24) is 16.0 Å². The first kappa shape index (κ1) is 38.8. The van der Waals surface area contributed by atoms with Gasteiger partial charge in [-0.05, 0) is 72.4 Å². The van der Waals surface area contributed by atoms with Crippen LogP contribution in [0.5, 0.6) is 0 Å². The van der Waals surface area contributed by atoms with Gasteiger partial charge < -0.3 is 31.5 Å². The number of nitrogens with one attached hydrogen (secondary N) is 4. The molecular weight excluding hydrogens is 696 g/mol. The summed E-state index contributed by atoms with van der Waals surface area (Å²) in [5.41, 5.74) is -0.549. The minimum Gasteiger partial charge on any atom is -0.478 e. The van der Waals surface area contributed by atoms with Crippen molar-refractivity contribution in [1.29, 1.82) is 0 Å². The number of carbonyl (C=O) groups is 5. The van der Waals surface area contributed by atoms with Crippen LogP contribution in [-0.4, -0.2) is 70.5 Å². The lowest BCUT2D eigenvalue weighted by atomic mass is 9.80. The van der Waals surface area contributed by atoms with Gasteiger partial charge in [0.15, 0.2) is 0 Å². The number of aromatic carboxylic acids is 2. The minimum atomic E-state index is -3.04. The largest absolute Gasteiger partial charge is 0.478 e. The molecule has 0 saturated heterocycles. The lowest BCUT2D eigenvalue weighted by Crippen LogP contribution is -2.61. The molecular formula is C35H38F4N4O7S. The Morgan fingerprint density at radius 3 is 2.22 bits per heavy atom. The highest BCUT2D eigenvalue weighted by Gasteiger charge is 2.44. The lowest BCUT2D eigenvalue weighted by Gasteiger charge is -2.40. The Balaban J connectivity index is 1.52. The van der Waals surface area contributed by atoms with Crippen molar-refractivity contribution >= 4 is 46.7 Å². The quantitative estimate of drug-likeness (QED) is 0.114. The number of hydrogen-bond acceptors (Lipinski definition) is 7. The van der Waals surface area contributed by atoms with Gasteiger partial charge in [0.2, 0.25) is 24.1 Å². The van der Waals surface area contributed by atoms with E-state index >= 15 is 0 Å². The first-order valence-corrected chi connectivity index (χ1v) is 17.0. The third kappa shape index (κ3) is 9.84. The highest BCUT2D eigenvalue weighted by Crippen LogP contribution is 2.35. The second-order valence-corrected chi connectivity index (χ2v) is 13.6. The van der Waals surface area contributed by atoms with E-state index in [1.54, 1.807) is 37.4 Å². The highest BCUT2D eigenvalue weighted by atomic mass is 32.1. The molecule has 3 atom stereocenters. The number of alkyl halides is 2. The number of aryl methyl sites for hydroxylation is 1. The Hall–Kier alpha value is -4.99. The lowest BCUT2D eigenvalue weighted by molar-refractivity contribution is -0.134. The smallest absolute Gasteiger partial charge is 0.346 e. The topological polar surface area (TPSA) is 174 Å². The molecule has 1 aromatic heterocycles. The number of rotatable bonds is 16. The summed E-state index contributed by atoms with van der Waals surface area (Å²) in [6.45, 7) is 3.11. The van der Waals surface area contributed by atoms with Gasteiger partial charge in [-0.15, -0.1) is 11.3 Å². The normalized spacial score (nSPS) is 16.5. The Labute approximate surface area is 294 Å². The number of fused-ring (bicyclic) bond motifs is 1. The van der Waals surface area contributed by atoms with E-state index in [-0.39, 0.29) is 30.1 Å². The average molecular weight is 735 g/mol. The van der Waals surface area contributed by atoms with Crippen molar-refractivity contribution in [3.05, 3.63) is 86.6 Å². The third-order valence-corrected chi connectivity index (χ3v) is 9.46. The maximum absolute atomic E-state index is 14.4. The highest BCUT2D eigenvalue weighted by molar-refractivity contribution is 7.12. The fourth-order valence-corrected chi connectivity index (χ4v) is 6.74. The Morgan fingerprint density at radius 1 is 0.922 bits per heavy atom. The summed E-state index contributed by atoms with van der Waals surface area (Å²) in [7, 11) is 0. The van der Waals surface area contributed by atoms with E-state index in [1.165, 1.54) is 0 Å². The summed E-state index contributed by atoms with van der Waals surface area (Å²) in [4.78, 5) is 63.9. The van der Waals surface area contributed by atoms with Crippen LogP contribution >= 0.6 is 11.3 Å². The van der Waals surface area contributed by atoms with E-state index in [0.29, 0.717) is 29.8 Å². The molecule has 274 valence electrons. The zero-order valence-corrected chi connectivity index (χ0v) is 28.6. The number of para-hydroxylation sites is 1. The molecule has 6 N–H and O–H groups in total. The van der Waals surface area contributed by atoms with Crippen LogP contribution in [0.3, 0.4) is 0 Å². The maximum Gasteiger partial charge on any atom is 0.346 e. The number of carboxylic acid groups (broad SMARTS) is 2. The van der Waals surface area contributed by atoms with Crippen molar-refractivity contribution in [3.8, 4) is 0 Å². The van der Waals surface area contributed by atoms with Crippen molar-refractivity contribution < 1.29 is 51.7 Å². The molecule has 0 radical (unpaired) electrons. The first-order valence-electron chi connectivity index (χ1n) is 16.1. The predicted molar refractivity (Wildman–Crippen MR) is 180 cm³/mol.